The van der Waals surface area contributed by atoms with E-state index in [0.717, 1.165) is 14.2 Å². The smallest absolute Gasteiger partial charge is 0.214 e. The first-order valence-corrected chi connectivity index (χ1v) is 7.00. The summed E-state index contributed by atoms with van der Waals surface area (Å²) in [5, 5.41) is 2.36. The molecule has 0 unspecified atom stereocenters. The molecule has 0 atom stereocenters. The molecule has 0 radical (unpaired) electrons. The van der Waals surface area contributed by atoms with Gasteiger partial charge in [-0.15, -0.1) is 22.7 Å². The van der Waals surface area contributed by atoms with Gasteiger partial charge in [0.25, 0.3) is 0 Å². The van der Waals surface area contributed by atoms with Crippen LogP contribution in [0.2, 0.25) is 5.02 Å². The minimum atomic E-state index is 0.00815. The molecule has 0 aliphatic rings. The van der Waals surface area contributed by atoms with E-state index in [9.17, 15) is 4.79 Å². The van der Waals surface area contributed by atoms with Crippen molar-refractivity contribution in [1.29, 1.82) is 0 Å². The number of aryl methyl sites for hydroxylation is 1. The normalized spacial score (nSPS) is 10.6. The number of carbonyl (C=O) groups is 1. The van der Waals surface area contributed by atoms with Gasteiger partial charge >= 0.3 is 0 Å². The third kappa shape index (κ3) is 2.18. The summed E-state index contributed by atoms with van der Waals surface area (Å²) in [6, 6.07) is 3.63. The SMILES string of the molecule is Cc1cc(C(=O)c2sccc2Cl)sc1Br. The van der Waals surface area contributed by atoms with Crippen molar-refractivity contribution in [1.82, 2.24) is 0 Å². The van der Waals surface area contributed by atoms with E-state index in [4.69, 9.17) is 11.6 Å². The number of carbonyl (C=O) groups excluding carboxylic acids is 1. The van der Waals surface area contributed by atoms with Crippen molar-refractivity contribution in [3.05, 3.63) is 41.6 Å². The van der Waals surface area contributed by atoms with Crippen molar-refractivity contribution in [2.75, 3.05) is 0 Å². The average Bonchev–Trinajstić information content (AvgIpc) is 2.74. The largest absolute Gasteiger partial charge is 0.287 e. The van der Waals surface area contributed by atoms with Crippen LogP contribution in [0.25, 0.3) is 0 Å². The van der Waals surface area contributed by atoms with E-state index < -0.39 is 0 Å². The predicted molar refractivity (Wildman–Crippen MR) is 69.5 cm³/mol. The minimum absolute atomic E-state index is 0.00815. The van der Waals surface area contributed by atoms with Crippen LogP contribution in [0, 0.1) is 6.92 Å². The second kappa shape index (κ2) is 4.37. The highest BCUT2D eigenvalue weighted by Crippen LogP contribution is 2.32. The number of hydrogen-bond donors (Lipinski definition) is 0. The zero-order valence-electron chi connectivity index (χ0n) is 7.71. The van der Waals surface area contributed by atoms with Crippen LogP contribution in [0.4, 0.5) is 0 Å². The monoisotopic (exact) mass is 320 g/mol. The molecule has 2 aromatic rings. The quantitative estimate of drug-likeness (QED) is 0.729. The number of rotatable bonds is 2. The van der Waals surface area contributed by atoms with Crippen LogP contribution in [0.5, 0.6) is 0 Å². The van der Waals surface area contributed by atoms with E-state index >= 15 is 0 Å². The molecule has 2 aromatic heterocycles. The van der Waals surface area contributed by atoms with Crippen LogP contribution >= 0.6 is 50.2 Å². The van der Waals surface area contributed by atoms with Gasteiger partial charge in [0.2, 0.25) is 5.78 Å². The highest BCUT2D eigenvalue weighted by Gasteiger charge is 2.17. The van der Waals surface area contributed by atoms with Gasteiger partial charge in [0, 0.05) is 0 Å². The Bertz CT molecular complexity index is 496. The van der Waals surface area contributed by atoms with Gasteiger partial charge in [0.1, 0.15) is 0 Å². The topological polar surface area (TPSA) is 17.1 Å². The number of halogens is 2. The molecule has 78 valence electrons. The molecule has 0 amide bonds. The molecule has 0 saturated carbocycles. The van der Waals surface area contributed by atoms with Crippen LogP contribution in [-0.4, -0.2) is 5.78 Å². The van der Waals surface area contributed by atoms with Crippen LogP contribution in [0.3, 0.4) is 0 Å². The fraction of sp³-hybridized carbons (Fsp3) is 0.100. The molecule has 0 spiro atoms. The van der Waals surface area contributed by atoms with Crippen molar-refractivity contribution in [2.24, 2.45) is 0 Å². The fourth-order valence-corrected chi connectivity index (χ4v) is 3.78. The molecule has 0 fully saturated rings. The van der Waals surface area contributed by atoms with E-state index in [2.05, 4.69) is 15.9 Å². The molecule has 0 N–H and O–H groups in total. The van der Waals surface area contributed by atoms with Crippen molar-refractivity contribution in [3.8, 4) is 0 Å². The van der Waals surface area contributed by atoms with Gasteiger partial charge in [-0.05, 0) is 45.9 Å². The summed E-state index contributed by atoms with van der Waals surface area (Å²) < 4.78 is 0.999. The molecule has 1 nitrogen and oxygen atoms in total. The van der Waals surface area contributed by atoms with Gasteiger partial charge in [0.15, 0.2) is 0 Å². The molecule has 0 aliphatic carbocycles. The molecule has 0 saturated heterocycles. The van der Waals surface area contributed by atoms with Crippen LogP contribution in [0.15, 0.2) is 21.3 Å². The zero-order valence-corrected chi connectivity index (χ0v) is 11.7. The van der Waals surface area contributed by atoms with Gasteiger partial charge in [-0.2, -0.15) is 0 Å². The molecule has 2 rings (SSSR count). The van der Waals surface area contributed by atoms with Gasteiger partial charge in [-0.25, -0.2) is 0 Å². The first-order valence-electron chi connectivity index (χ1n) is 4.13. The lowest BCUT2D eigenvalue weighted by atomic mass is 10.2. The van der Waals surface area contributed by atoms with Crippen LogP contribution < -0.4 is 0 Å². The van der Waals surface area contributed by atoms with Gasteiger partial charge in [0.05, 0.1) is 18.6 Å². The molecule has 0 aromatic carbocycles. The lowest BCUT2D eigenvalue weighted by Crippen LogP contribution is -1.95. The molecule has 2 heterocycles. The van der Waals surface area contributed by atoms with Crippen molar-refractivity contribution >= 4 is 56.0 Å². The Morgan fingerprint density at radius 3 is 2.73 bits per heavy atom. The van der Waals surface area contributed by atoms with Crippen LogP contribution in [-0.2, 0) is 0 Å². The standard InChI is InChI=1S/C10H6BrClOS2/c1-5-4-7(15-10(5)11)8(13)9-6(12)2-3-14-9/h2-4H,1H3. The number of thiophene rings is 2. The average molecular weight is 322 g/mol. The molecular weight excluding hydrogens is 316 g/mol. The molecular formula is C10H6BrClOS2. The molecule has 15 heavy (non-hydrogen) atoms. The van der Waals surface area contributed by atoms with Crippen molar-refractivity contribution in [2.45, 2.75) is 6.92 Å². The Labute approximate surface area is 109 Å². The highest BCUT2D eigenvalue weighted by molar-refractivity contribution is 9.11. The molecule has 0 bridgehead atoms. The Morgan fingerprint density at radius 2 is 2.27 bits per heavy atom. The Kier molecular flexibility index (Phi) is 3.30. The fourth-order valence-electron chi connectivity index (χ4n) is 1.14. The third-order valence-electron chi connectivity index (χ3n) is 1.90. The minimum Gasteiger partial charge on any atom is -0.287 e. The summed E-state index contributed by atoms with van der Waals surface area (Å²) in [5.74, 6) is 0.00815. The van der Waals surface area contributed by atoms with E-state index in [1.54, 1.807) is 6.07 Å². The van der Waals surface area contributed by atoms with Crippen molar-refractivity contribution < 1.29 is 4.79 Å². The third-order valence-corrected chi connectivity index (χ3v) is 5.38. The van der Waals surface area contributed by atoms with Gasteiger partial charge < -0.3 is 0 Å². The zero-order chi connectivity index (χ0) is 11.0. The molecule has 5 heteroatoms. The number of hydrogen-bond acceptors (Lipinski definition) is 3. The summed E-state index contributed by atoms with van der Waals surface area (Å²) in [6.07, 6.45) is 0. The Hall–Kier alpha value is -0.160. The van der Waals surface area contributed by atoms with E-state index in [1.165, 1.54) is 22.7 Å². The highest BCUT2D eigenvalue weighted by atomic mass is 79.9. The van der Waals surface area contributed by atoms with Crippen LogP contribution in [0.1, 0.15) is 20.1 Å². The lowest BCUT2D eigenvalue weighted by molar-refractivity contribution is 0.104. The summed E-state index contributed by atoms with van der Waals surface area (Å²) in [4.78, 5) is 13.4. The maximum Gasteiger partial charge on any atom is 0.214 e. The second-order valence-corrected chi connectivity index (χ2v) is 6.69. The first kappa shape index (κ1) is 11.3. The number of ketones is 1. The summed E-state index contributed by atoms with van der Waals surface area (Å²) >= 11 is 12.1. The maximum atomic E-state index is 12.0. The van der Waals surface area contributed by atoms with E-state index in [1.807, 2.05) is 18.4 Å². The summed E-state index contributed by atoms with van der Waals surface area (Å²) in [7, 11) is 0. The van der Waals surface area contributed by atoms with Gasteiger partial charge in [-0.3, -0.25) is 4.79 Å². The Morgan fingerprint density at radius 1 is 1.53 bits per heavy atom. The van der Waals surface area contributed by atoms with Gasteiger partial charge in [-0.1, -0.05) is 11.6 Å². The van der Waals surface area contributed by atoms with E-state index in [-0.39, 0.29) is 5.78 Å². The van der Waals surface area contributed by atoms with Crippen molar-refractivity contribution in [3.63, 3.8) is 0 Å². The lowest BCUT2D eigenvalue weighted by Gasteiger charge is -1.93. The maximum absolute atomic E-state index is 12.0. The Balaban J connectivity index is 2.41. The summed E-state index contributed by atoms with van der Waals surface area (Å²) in [5.41, 5.74) is 1.08. The predicted octanol–water partition coefficient (Wildman–Crippen LogP) is 4.76. The molecule has 0 aliphatic heterocycles. The summed E-state index contributed by atoms with van der Waals surface area (Å²) in [6.45, 7) is 1.97. The first-order chi connectivity index (χ1) is 7.09. The second-order valence-electron chi connectivity index (χ2n) is 2.99. The van der Waals surface area contributed by atoms with E-state index in [0.29, 0.717) is 9.90 Å².